The van der Waals surface area contributed by atoms with Crippen molar-refractivity contribution in [2.75, 3.05) is 43.4 Å². The molecule has 0 radical (unpaired) electrons. The third-order valence-corrected chi connectivity index (χ3v) is 11.3. The summed E-state index contributed by atoms with van der Waals surface area (Å²) in [6, 6.07) is 19.3. The van der Waals surface area contributed by atoms with E-state index in [1.807, 2.05) is 19.2 Å². The van der Waals surface area contributed by atoms with Crippen LogP contribution in [0.15, 0.2) is 82.6 Å². The van der Waals surface area contributed by atoms with E-state index >= 15 is 0 Å². The molecule has 5 rings (SSSR count). The molecule has 9 nitrogen and oxygen atoms in total. The van der Waals surface area contributed by atoms with Gasteiger partial charge in [0, 0.05) is 30.9 Å². The fraction of sp³-hybridized carbons (Fsp3) is 0.321. The second kappa shape index (κ2) is 10.7. The Labute approximate surface area is 230 Å². The van der Waals surface area contributed by atoms with Crippen molar-refractivity contribution >= 4 is 37.3 Å². The van der Waals surface area contributed by atoms with Gasteiger partial charge in [-0.3, -0.25) is 9.10 Å². The number of likely N-dealkylation sites (tertiary alicyclic amines) is 1. The minimum atomic E-state index is -3.84. The van der Waals surface area contributed by atoms with Crippen molar-refractivity contribution in [3.8, 4) is 0 Å². The van der Waals surface area contributed by atoms with Gasteiger partial charge in [0.1, 0.15) is 0 Å². The Balaban J connectivity index is 1.29. The van der Waals surface area contributed by atoms with Crippen LogP contribution in [0.25, 0.3) is 0 Å². The summed E-state index contributed by atoms with van der Waals surface area (Å²) in [4.78, 5) is 15.4. The second-order valence-electron chi connectivity index (χ2n) is 10.0. The Morgan fingerprint density at radius 2 is 1.56 bits per heavy atom. The van der Waals surface area contributed by atoms with Crippen molar-refractivity contribution in [2.45, 2.75) is 35.1 Å². The summed E-state index contributed by atoms with van der Waals surface area (Å²) < 4.78 is 55.9. The lowest BCUT2D eigenvalue weighted by molar-refractivity contribution is 0.102. The average molecular weight is 569 g/mol. The Hall–Kier alpha value is -3.25. The molecule has 1 N–H and O–H groups in total. The van der Waals surface area contributed by atoms with Crippen LogP contribution in [-0.4, -0.2) is 71.7 Å². The summed E-state index contributed by atoms with van der Waals surface area (Å²) >= 11 is 0. The molecule has 0 saturated carbocycles. The standard InChI is InChI=1S/C28H32N4O5S2/c1-30-17-15-24(16-18-30)31(2)38(34,35)25-12-10-23(11-13-25)29-28(33)22-7-5-8-26(20-22)39(36,37)32-19-14-21-6-3-4-9-27(21)32/h3-13,20,24H,14-19H2,1-2H3,(H,29,33). The average Bonchev–Trinajstić information content (AvgIpc) is 3.39. The summed E-state index contributed by atoms with van der Waals surface area (Å²) in [5.74, 6) is -0.493. The number of nitrogens with one attached hydrogen (secondary N) is 1. The Kier molecular flexibility index (Phi) is 7.51. The predicted octanol–water partition coefficient (Wildman–Crippen LogP) is 3.41. The van der Waals surface area contributed by atoms with Gasteiger partial charge in [-0.25, -0.2) is 16.8 Å². The van der Waals surface area contributed by atoms with Gasteiger partial charge in [-0.1, -0.05) is 24.3 Å². The van der Waals surface area contributed by atoms with Gasteiger partial charge < -0.3 is 10.2 Å². The van der Waals surface area contributed by atoms with Gasteiger partial charge in [-0.05, 0) is 93.5 Å². The van der Waals surface area contributed by atoms with Crippen molar-refractivity contribution in [3.05, 3.63) is 83.9 Å². The van der Waals surface area contributed by atoms with Gasteiger partial charge in [-0.2, -0.15) is 4.31 Å². The highest BCUT2D eigenvalue weighted by Crippen LogP contribution is 2.33. The predicted molar refractivity (Wildman–Crippen MR) is 151 cm³/mol. The molecule has 3 aromatic carbocycles. The lowest BCUT2D eigenvalue weighted by Crippen LogP contribution is -2.44. The van der Waals surface area contributed by atoms with Crippen molar-refractivity contribution in [2.24, 2.45) is 0 Å². The molecule has 3 aromatic rings. The molecule has 39 heavy (non-hydrogen) atoms. The van der Waals surface area contributed by atoms with Crippen LogP contribution in [-0.2, 0) is 26.5 Å². The van der Waals surface area contributed by atoms with Crippen LogP contribution in [0.5, 0.6) is 0 Å². The van der Waals surface area contributed by atoms with Gasteiger partial charge in [0.05, 0.1) is 15.5 Å². The molecule has 206 valence electrons. The van der Waals surface area contributed by atoms with Gasteiger partial charge >= 0.3 is 0 Å². The van der Waals surface area contributed by atoms with Crippen molar-refractivity contribution in [3.63, 3.8) is 0 Å². The van der Waals surface area contributed by atoms with E-state index in [2.05, 4.69) is 10.2 Å². The van der Waals surface area contributed by atoms with Crippen LogP contribution in [0.2, 0.25) is 0 Å². The highest BCUT2D eigenvalue weighted by molar-refractivity contribution is 7.92. The fourth-order valence-corrected chi connectivity index (χ4v) is 8.08. The molecule has 0 spiro atoms. The molecular formula is C28H32N4O5S2. The molecule has 0 atom stereocenters. The van der Waals surface area contributed by atoms with Crippen molar-refractivity contribution < 1.29 is 21.6 Å². The van der Waals surface area contributed by atoms with E-state index in [0.29, 0.717) is 24.3 Å². The molecule has 11 heteroatoms. The Bertz CT molecular complexity index is 1580. The summed E-state index contributed by atoms with van der Waals surface area (Å²) in [6.07, 6.45) is 2.19. The monoisotopic (exact) mass is 568 g/mol. The first-order valence-corrected chi connectivity index (χ1v) is 15.7. The number of piperidine rings is 1. The summed E-state index contributed by atoms with van der Waals surface area (Å²) in [5.41, 5.74) is 2.21. The van der Waals surface area contributed by atoms with Crippen molar-refractivity contribution in [1.82, 2.24) is 9.21 Å². The number of anilines is 2. The topological polar surface area (TPSA) is 107 Å². The lowest BCUT2D eigenvalue weighted by atomic mass is 10.1. The first-order valence-electron chi connectivity index (χ1n) is 12.9. The first-order chi connectivity index (χ1) is 18.6. The van der Waals surface area contributed by atoms with Crippen LogP contribution in [0, 0.1) is 0 Å². The number of hydrogen-bond acceptors (Lipinski definition) is 6. The Morgan fingerprint density at radius 1 is 0.872 bits per heavy atom. The fourth-order valence-electron chi connectivity index (χ4n) is 5.12. The normalized spacial score (nSPS) is 16.8. The van der Waals surface area contributed by atoms with E-state index in [1.54, 1.807) is 25.2 Å². The molecule has 2 heterocycles. The molecule has 1 saturated heterocycles. The SMILES string of the molecule is CN1CCC(N(C)S(=O)(=O)c2ccc(NC(=O)c3cccc(S(=O)(=O)N4CCc5ccccc54)c3)cc2)CC1. The van der Waals surface area contributed by atoms with E-state index in [0.717, 1.165) is 31.5 Å². The quantitative estimate of drug-likeness (QED) is 0.468. The zero-order valence-corrected chi connectivity index (χ0v) is 23.6. The number of sulfonamides is 2. The van der Waals surface area contributed by atoms with Crippen LogP contribution < -0.4 is 9.62 Å². The first kappa shape index (κ1) is 27.3. The number of hydrogen-bond donors (Lipinski definition) is 1. The van der Waals surface area contributed by atoms with E-state index in [4.69, 9.17) is 0 Å². The van der Waals surface area contributed by atoms with Gasteiger partial charge in [0.15, 0.2) is 0 Å². The summed E-state index contributed by atoms with van der Waals surface area (Å²) in [6.45, 7) is 2.05. The summed E-state index contributed by atoms with van der Waals surface area (Å²) in [5, 5.41) is 2.74. The van der Waals surface area contributed by atoms with E-state index in [-0.39, 0.29) is 21.4 Å². The number of amides is 1. The zero-order valence-electron chi connectivity index (χ0n) is 21.9. The minimum Gasteiger partial charge on any atom is -0.322 e. The number of benzene rings is 3. The zero-order chi connectivity index (χ0) is 27.8. The van der Waals surface area contributed by atoms with Gasteiger partial charge in [-0.15, -0.1) is 0 Å². The molecule has 2 aliphatic rings. The number of carbonyl (C=O) groups is 1. The molecule has 0 bridgehead atoms. The largest absolute Gasteiger partial charge is 0.322 e. The highest BCUT2D eigenvalue weighted by atomic mass is 32.2. The minimum absolute atomic E-state index is 0.0326. The molecule has 0 unspecified atom stereocenters. The molecule has 1 fully saturated rings. The number of para-hydroxylation sites is 1. The third kappa shape index (κ3) is 5.44. The number of rotatable bonds is 7. The number of nitrogens with zero attached hydrogens (tertiary/aromatic N) is 3. The molecule has 0 aliphatic carbocycles. The van der Waals surface area contributed by atoms with Crippen LogP contribution in [0.4, 0.5) is 11.4 Å². The lowest BCUT2D eigenvalue weighted by Gasteiger charge is -2.34. The highest BCUT2D eigenvalue weighted by Gasteiger charge is 2.32. The maximum atomic E-state index is 13.4. The van der Waals surface area contributed by atoms with E-state index in [9.17, 15) is 21.6 Å². The maximum Gasteiger partial charge on any atom is 0.264 e. The van der Waals surface area contributed by atoms with Gasteiger partial charge in [0.2, 0.25) is 10.0 Å². The smallest absolute Gasteiger partial charge is 0.264 e. The Morgan fingerprint density at radius 3 is 2.28 bits per heavy atom. The van der Waals surface area contributed by atoms with E-state index in [1.165, 1.54) is 51.1 Å². The van der Waals surface area contributed by atoms with Crippen LogP contribution >= 0.6 is 0 Å². The van der Waals surface area contributed by atoms with Crippen LogP contribution in [0.3, 0.4) is 0 Å². The van der Waals surface area contributed by atoms with Crippen LogP contribution in [0.1, 0.15) is 28.8 Å². The maximum absolute atomic E-state index is 13.4. The van der Waals surface area contributed by atoms with Gasteiger partial charge in [0.25, 0.3) is 15.9 Å². The van der Waals surface area contributed by atoms with Crippen molar-refractivity contribution in [1.29, 1.82) is 0 Å². The second-order valence-corrected chi connectivity index (χ2v) is 13.9. The third-order valence-electron chi connectivity index (χ3n) is 7.52. The number of fused-ring (bicyclic) bond motifs is 1. The molecule has 1 amide bonds. The molecular weight excluding hydrogens is 536 g/mol. The molecule has 0 aromatic heterocycles. The van der Waals surface area contributed by atoms with E-state index < -0.39 is 26.0 Å². The molecule has 2 aliphatic heterocycles. The summed E-state index contributed by atoms with van der Waals surface area (Å²) in [7, 11) is -3.88. The number of carbonyl (C=O) groups excluding carboxylic acids is 1.